The van der Waals surface area contributed by atoms with Crippen LogP contribution in [0.5, 0.6) is 0 Å². The Bertz CT molecular complexity index is 430. The number of halogens is 1. The van der Waals surface area contributed by atoms with Crippen molar-refractivity contribution >= 4 is 23.2 Å². The molecule has 0 bridgehead atoms. The van der Waals surface area contributed by atoms with Gasteiger partial charge in [-0.1, -0.05) is 30.7 Å². The van der Waals surface area contributed by atoms with E-state index in [1.54, 1.807) is 6.07 Å². The molecule has 2 unspecified atom stereocenters. The van der Waals surface area contributed by atoms with Crippen LogP contribution in [0.4, 0.5) is 5.69 Å². The maximum atomic E-state index is 12.0. The van der Waals surface area contributed by atoms with Crippen LogP contribution >= 0.6 is 11.6 Å². The van der Waals surface area contributed by atoms with Gasteiger partial charge in [0.1, 0.15) is 0 Å². The van der Waals surface area contributed by atoms with Crippen LogP contribution in [0.3, 0.4) is 0 Å². The van der Waals surface area contributed by atoms with Crippen molar-refractivity contribution < 1.29 is 4.79 Å². The first-order chi connectivity index (χ1) is 9.16. The van der Waals surface area contributed by atoms with Crippen LogP contribution in [0.25, 0.3) is 0 Å². The first-order valence-corrected chi connectivity index (χ1v) is 7.29. The molecule has 0 saturated carbocycles. The first-order valence-electron chi connectivity index (χ1n) is 6.92. The third kappa shape index (κ3) is 4.22. The number of hydrogen-bond donors (Lipinski definition) is 2. The van der Waals surface area contributed by atoms with E-state index in [9.17, 15) is 4.79 Å². The van der Waals surface area contributed by atoms with Crippen molar-refractivity contribution in [3.63, 3.8) is 0 Å². The Balaban J connectivity index is 1.85. The Kier molecular flexibility index (Phi) is 5.23. The van der Waals surface area contributed by atoms with E-state index in [4.69, 9.17) is 11.6 Å². The van der Waals surface area contributed by atoms with Crippen molar-refractivity contribution in [1.82, 2.24) is 5.32 Å². The van der Waals surface area contributed by atoms with Gasteiger partial charge < -0.3 is 10.6 Å². The second-order valence-corrected chi connectivity index (χ2v) is 5.72. The average molecular weight is 281 g/mol. The number of amides is 1. The predicted molar refractivity (Wildman–Crippen MR) is 79.5 cm³/mol. The minimum Gasteiger partial charge on any atom is -0.325 e. The van der Waals surface area contributed by atoms with Gasteiger partial charge in [0.2, 0.25) is 5.91 Å². The summed E-state index contributed by atoms with van der Waals surface area (Å²) in [6.07, 6.45) is 2.98. The molecule has 1 aliphatic heterocycles. The highest BCUT2D eigenvalue weighted by molar-refractivity contribution is 6.33. The molecule has 19 heavy (non-hydrogen) atoms. The van der Waals surface area contributed by atoms with Crippen molar-refractivity contribution in [2.75, 3.05) is 18.4 Å². The fourth-order valence-electron chi connectivity index (χ4n) is 2.59. The summed E-state index contributed by atoms with van der Waals surface area (Å²) in [5, 5.41) is 6.87. The van der Waals surface area contributed by atoms with Gasteiger partial charge in [-0.25, -0.2) is 0 Å². The van der Waals surface area contributed by atoms with Gasteiger partial charge in [-0.15, -0.1) is 0 Å². The molecule has 2 atom stereocenters. The van der Waals surface area contributed by atoms with Crippen molar-refractivity contribution in [3.8, 4) is 0 Å². The van der Waals surface area contributed by atoms with E-state index >= 15 is 0 Å². The second kappa shape index (κ2) is 6.92. The molecule has 2 rings (SSSR count). The topological polar surface area (TPSA) is 41.1 Å². The summed E-state index contributed by atoms with van der Waals surface area (Å²) in [7, 11) is 0. The van der Waals surface area contributed by atoms with Crippen LogP contribution in [-0.2, 0) is 4.79 Å². The molecule has 3 nitrogen and oxygen atoms in total. The molecule has 0 spiro atoms. The summed E-state index contributed by atoms with van der Waals surface area (Å²) in [6, 6.07) is 7.34. The fourth-order valence-corrected chi connectivity index (χ4v) is 2.77. The second-order valence-electron chi connectivity index (χ2n) is 5.32. The van der Waals surface area contributed by atoms with E-state index < -0.39 is 0 Å². The molecule has 0 aromatic heterocycles. The van der Waals surface area contributed by atoms with E-state index in [-0.39, 0.29) is 5.91 Å². The van der Waals surface area contributed by atoms with Crippen molar-refractivity contribution in [3.05, 3.63) is 29.3 Å². The van der Waals surface area contributed by atoms with E-state index in [0.717, 1.165) is 13.1 Å². The van der Waals surface area contributed by atoms with Gasteiger partial charge in [0.05, 0.1) is 10.7 Å². The molecule has 1 saturated heterocycles. The Morgan fingerprint density at radius 1 is 1.53 bits per heavy atom. The number of piperidine rings is 1. The molecule has 1 fully saturated rings. The molecule has 0 radical (unpaired) electrons. The van der Waals surface area contributed by atoms with Gasteiger partial charge >= 0.3 is 0 Å². The Hall–Kier alpha value is -1.06. The molecule has 1 aliphatic rings. The molecular weight excluding hydrogens is 260 g/mol. The van der Waals surface area contributed by atoms with Gasteiger partial charge in [0.15, 0.2) is 0 Å². The average Bonchev–Trinajstić information content (AvgIpc) is 2.42. The van der Waals surface area contributed by atoms with Gasteiger partial charge in [-0.2, -0.15) is 0 Å². The monoisotopic (exact) mass is 280 g/mol. The summed E-state index contributed by atoms with van der Waals surface area (Å²) < 4.78 is 0. The number of carbonyl (C=O) groups is 1. The number of anilines is 1. The van der Waals surface area contributed by atoms with Gasteiger partial charge in [-0.3, -0.25) is 4.79 Å². The zero-order chi connectivity index (χ0) is 13.7. The van der Waals surface area contributed by atoms with Gasteiger partial charge in [0, 0.05) is 6.42 Å². The van der Waals surface area contributed by atoms with Crippen molar-refractivity contribution in [2.45, 2.75) is 26.2 Å². The molecule has 0 aliphatic carbocycles. The lowest BCUT2D eigenvalue weighted by atomic mass is 9.85. The lowest BCUT2D eigenvalue weighted by molar-refractivity contribution is -0.117. The Morgan fingerprint density at radius 2 is 2.32 bits per heavy atom. The zero-order valence-electron chi connectivity index (χ0n) is 11.3. The number of hydrogen-bond acceptors (Lipinski definition) is 2. The largest absolute Gasteiger partial charge is 0.325 e. The third-order valence-electron chi connectivity index (χ3n) is 3.80. The summed E-state index contributed by atoms with van der Waals surface area (Å²) in [5.74, 6) is 1.05. The summed E-state index contributed by atoms with van der Waals surface area (Å²) in [6.45, 7) is 4.29. The number of para-hydroxylation sites is 1. The summed E-state index contributed by atoms with van der Waals surface area (Å²) >= 11 is 6.03. The SMILES string of the molecule is CC(CC(=O)Nc1ccccc1Cl)C1CCCNC1. The van der Waals surface area contributed by atoms with Crippen LogP contribution in [0.1, 0.15) is 26.2 Å². The highest BCUT2D eigenvalue weighted by Crippen LogP contribution is 2.24. The van der Waals surface area contributed by atoms with Gasteiger partial charge in [-0.05, 0) is 49.9 Å². The Morgan fingerprint density at radius 3 is 3.00 bits per heavy atom. The van der Waals surface area contributed by atoms with Crippen molar-refractivity contribution in [2.24, 2.45) is 11.8 Å². The van der Waals surface area contributed by atoms with Crippen LogP contribution < -0.4 is 10.6 Å². The minimum atomic E-state index is 0.0474. The molecule has 1 amide bonds. The third-order valence-corrected chi connectivity index (χ3v) is 4.12. The maximum Gasteiger partial charge on any atom is 0.224 e. The number of benzene rings is 1. The van der Waals surface area contributed by atoms with Crippen LogP contribution in [-0.4, -0.2) is 19.0 Å². The van der Waals surface area contributed by atoms with Crippen molar-refractivity contribution in [1.29, 1.82) is 0 Å². The number of carbonyl (C=O) groups excluding carboxylic acids is 1. The quantitative estimate of drug-likeness (QED) is 0.888. The number of rotatable bonds is 4. The standard InChI is InChI=1S/C15H21ClN2O/c1-11(12-5-4-8-17-10-12)9-15(19)18-14-7-3-2-6-13(14)16/h2-3,6-7,11-12,17H,4-5,8-10H2,1H3,(H,18,19). The van der Waals surface area contributed by atoms with E-state index in [1.165, 1.54) is 12.8 Å². The van der Waals surface area contributed by atoms with E-state index in [0.29, 0.717) is 29.0 Å². The Labute approximate surface area is 119 Å². The van der Waals surface area contributed by atoms with E-state index in [1.807, 2.05) is 18.2 Å². The highest BCUT2D eigenvalue weighted by atomic mass is 35.5. The van der Waals surface area contributed by atoms with Crippen LogP contribution in [0.2, 0.25) is 5.02 Å². The summed E-state index contributed by atoms with van der Waals surface area (Å²) in [4.78, 5) is 12.0. The zero-order valence-corrected chi connectivity index (χ0v) is 12.0. The normalized spacial score (nSPS) is 20.8. The fraction of sp³-hybridized carbons (Fsp3) is 0.533. The lowest BCUT2D eigenvalue weighted by Crippen LogP contribution is -2.34. The van der Waals surface area contributed by atoms with Crippen LogP contribution in [0.15, 0.2) is 24.3 Å². The molecule has 1 aromatic carbocycles. The minimum absolute atomic E-state index is 0.0474. The summed E-state index contributed by atoms with van der Waals surface area (Å²) in [5.41, 5.74) is 0.697. The lowest BCUT2D eigenvalue weighted by Gasteiger charge is -2.28. The number of nitrogens with one attached hydrogen (secondary N) is 2. The van der Waals surface area contributed by atoms with E-state index in [2.05, 4.69) is 17.6 Å². The molecule has 104 valence electrons. The smallest absolute Gasteiger partial charge is 0.224 e. The molecule has 1 aromatic rings. The maximum absolute atomic E-state index is 12.0. The molecular formula is C15H21ClN2O. The first kappa shape index (κ1) is 14.4. The molecule has 1 heterocycles. The molecule has 2 N–H and O–H groups in total. The highest BCUT2D eigenvalue weighted by Gasteiger charge is 2.22. The molecule has 4 heteroatoms. The van der Waals surface area contributed by atoms with Gasteiger partial charge in [0.25, 0.3) is 0 Å². The predicted octanol–water partition coefficient (Wildman–Crippen LogP) is 3.30. The van der Waals surface area contributed by atoms with Crippen LogP contribution in [0, 0.1) is 11.8 Å².